The summed E-state index contributed by atoms with van der Waals surface area (Å²) in [4.78, 5) is 33.4. The Morgan fingerprint density at radius 3 is 2.67 bits per heavy atom. The second-order valence-corrected chi connectivity index (χ2v) is 10.6. The van der Waals surface area contributed by atoms with Gasteiger partial charge in [-0.25, -0.2) is 4.98 Å². The van der Waals surface area contributed by atoms with Crippen molar-refractivity contribution < 1.29 is 4.79 Å². The first-order chi connectivity index (χ1) is 14.6. The average Bonchev–Trinajstić information content (AvgIpc) is 3.34. The van der Waals surface area contributed by atoms with Crippen LogP contribution in [0.1, 0.15) is 71.2 Å². The Balaban J connectivity index is 1.52. The zero-order valence-corrected chi connectivity index (χ0v) is 19.0. The topological polar surface area (TPSA) is 52.0 Å². The Hall–Kier alpha value is -1.63. The van der Waals surface area contributed by atoms with Crippen molar-refractivity contribution in [2.75, 3.05) is 0 Å². The predicted octanol–water partition coefficient (Wildman–Crippen LogP) is 6.18. The fourth-order valence-electron chi connectivity index (χ4n) is 4.71. The number of nitrogens with zero attached hydrogens (tertiary/aromatic N) is 2. The number of benzene rings is 1. The highest BCUT2D eigenvalue weighted by Crippen LogP contribution is 2.36. The van der Waals surface area contributed by atoms with E-state index in [1.807, 2.05) is 4.57 Å². The van der Waals surface area contributed by atoms with Crippen molar-refractivity contribution in [1.82, 2.24) is 9.55 Å². The Labute approximate surface area is 188 Å². The van der Waals surface area contributed by atoms with Crippen molar-refractivity contribution in [2.45, 2.75) is 63.2 Å². The monoisotopic (exact) mass is 458 g/mol. The van der Waals surface area contributed by atoms with E-state index < -0.39 is 0 Å². The van der Waals surface area contributed by atoms with Gasteiger partial charge in [0.05, 0.1) is 11.1 Å². The lowest BCUT2D eigenvalue weighted by Gasteiger charge is -2.26. The fourth-order valence-corrected chi connectivity index (χ4v) is 6.88. The minimum atomic E-state index is -0.0233. The van der Waals surface area contributed by atoms with Gasteiger partial charge >= 0.3 is 0 Å². The van der Waals surface area contributed by atoms with Crippen LogP contribution < -0.4 is 5.56 Å². The summed E-state index contributed by atoms with van der Waals surface area (Å²) in [5.41, 5.74) is 1.96. The molecule has 0 spiro atoms. The summed E-state index contributed by atoms with van der Waals surface area (Å²) in [6.07, 6.45) is 8.73. The summed E-state index contributed by atoms with van der Waals surface area (Å²) >= 11 is 8.82. The quantitative estimate of drug-likeness (QED) is 0.468. The van der Waals surface area contributed by atoms with E-state index in [9.17, 15) is 9.59 Å². The molecule has 2 aliphatic rings. The first kappa shape index (κ1) is 20.3. The number of rotatable bonds is 4. The molecular formula is C23H23ClN2O2S2. The van der Waals surface area contributed by atoms with Crippen LogP contribution in [0.3, 0.4) is 0 Å². The maximum Gasteiger partial charge on any atom is 0.262 e. The van der Waals surface area contributed by atoms with E-state index >= 15 is 0 Å². The van der Waals surface area contributed by atoms with Gasteiger partial charge in [0.15, 0.2) is 0 Å². The van der Waals surface area contributed by atoms with Crippen molar-refractivity contribution in [3.63, 3.8) is 0 Å². The predicted molar refractivity (Wildman–Crippen MR) is 125 cm³/mol. The van der Waals surface area contributed by atoms with Gasteiger partial charge in [0.2, 0.25) is 5.12 Å². The minimum absolute atomic E-state index is 0.0233. The summed E-state index contributed by atoms with van der Waals surface area (Å²) in [7, 11) is 0. The molecule has 156 valence electrons. The van der Waals surface area contributed by atoms with Crippen molar-refractivity contribution in [1.29, 1.82) is 0 Å². The van der Waals surface area contributed by atoms with Gasteiger partial charge in [-0.15, -0.1) is 11.3 Å². The molecule has 5 rings (SSSR count). The van der Waals surface area contributed by atoms with Crippen molar-refractivity contribution in [3.05, 3.63) is 61.5 Å². The third-order valence-electron chi connectivity index (χ3n) is 6.20. The number of thioether (sulfide) groups is 1. The lowest BCUT2D eigenvalue weighted by molar-refractivity contribution is 0.108. The van der Waals surface area contributed by atoms with E-state index in [-0.39, 0.29) is 16.7 Å². The van der Waals surface area contributed by atoms with Gasteiger partial charge in [0.25, 0.3) is 5.56 Å². The van der Waals surface area contributed by atoms with Gasteiger partial charge in [0.1, 0.15) is 10.7 Å². The summed E-state index contributed by atoms with van der Waals surface area (Å²) in [6, 6.07) is 7.13. The standard InChI is InChI=1S/C23H23ClN2O2S2/c24-15-11-9-14(10-12-15)23(28)29-13-19-25-21-20(17-7-4-8-18(17)30-21)22(27)26(19)16-5-2-1-3-6-16/h9-12,16H,1-8,13H2. The summed E-state index contributed by atoms with van der Waals surface area (Å²) in [5.74, 6) is 1.15. The van der Waals surface area contributed by atoms with Gasteiger partial charge in [-0.05, 0) is 61.9 Å². The zero-order chi connectivity index (χ0) is 20.7. The highest BCUT2D eigenvalue weighted by Gasteiger charge is 2.27. The third kappa shape index (κ3) is 3.74. The third-order valence-corrected chi connectivity index (χ3v) is 8.53. The van der Waals surface area contributed by atoms with E-state index in [0.29, 0.717) is 16.3 Å². The Kier molecular flexibility index (Phi) is 5.73. The molecule has 0 saturated heterocycles. The van der Waals surface area contributed by atoms with Gasteiger partial charge in [0, 0.05) is 21.5 Å². The van der Waals surface area contributed by atoms with E-state index in [0.717, 1.165) is 61.0 Å². The second-order valence-electron chi connectivity index (χ2n) is 8.12. The van der Waals surface area contributed by atoms with E-state index in [1.165, 1.54) is 28.6 Å². The second kappa shape index (κ2) is 8.48. The number of carbonyl (C=O) groups excluding carboxylic acids is 1. The highest BCUT2D eigenvalue weighted by molar-refractivity contribution is 8.13. The number of hydrogen-bond donors (Lipinski definition) is 0. The molecule has 4 nitrogen and oxygen atoms in total. The van der Waals surface area contributed by atoms with Crippen LogP contribution in [-0.4, -0.2) is 14.7 Å². The Bertz CT molecular complexity index is 1160. The molecule has 0 unspecified atom stereocenters. The van der Waals surface area contributed by atoms with Gasteiger partial charge in [-0.2, -0.15) is 0 Å². The maximum absolute atomic E-state index is 13.6. The summed E-state index contributed by atoms with van der Waals surface area (Å²) in [6.45, 7) is 0. The molecule has 0 atom stereocenters. The SMILES string of the molecule is O=C(SCc1nc2sc3c(c2c(=O)n1C1CCCCC1)CCC3)c1ccc(Cl)cc1. The lowest BCUT2D eigenvalue weighted by atomic mass is 9.95. The van der Waals surface area contributed by atoms with E-state index in [4.69, 9.17) is 16.6 Å². The van der Waals surface area contributed by atoms with Crippen LogP contribution in [0.15, 0.2) is 29.1 Å². The smallest absolute Gasteiger partial charge is 0.262 e. The van der Waals surface area contributed by atoms with Crippen LogP contribution >= 0.6 is 34.7 Å². The van der Waals surface area contributed by atoms with E-state index in [1.54, 1.807) is 35.6 Å². The molecule has 0 aliphatic heterocycles. The van der Waals surface area contributed by atoms with Crippen molar-refractivity contribution >= 4 is 50.0 Å². The molecule has 0 N–H and O–H groups in total. The number of hydrogen-bond acceptors (Lipinski definition) is 5. The zero-order valence-electron chi connectivity index (χ0n) is 16.7. The van der Waals surface area contributed by atoms with E-state index in [2.05, 4.69) is 0 Å². The molecule has 0 bridgehead atoms. The van der Waals surface area contributed by atoms with Crippen molar-refractivity contribution in [2.24, 2.45) is 0 Å². The average molecular weight is 459 g/mol. The fraction of sp³-hybridized carbons (Fsp3) is 0.435. The van der Waals surface area contributed by atoms with Crippen LogP contribution in [0, 0.1) is 0 Å². The molecule has 1 fully saturated rings. The number of fused-ring (bicyclic) bond motifs is 3. The number of carbonyl (C=O) groups is 1. The number of aryl methyl sites for hydroxylation is 2. The highest BCUT2D eigenvalue weighted by atomic mass is 35.5. The van der Waals surface area contributed by atoms with Crippen LogP contribution in [0.2, 0.25) is 5.02 Å². The molecule has 1 aromatic carbocycles. The summed E-state index contributed by atoms with van der Waals surface area (Å²) < 4.78 is 1.94. The number of thiophene rings is 1. The molecule has 30 heavy (non-hydrogen) atoms. The van der Waals surface area contributed by atoms with Gasteiger partial charge < -0.3 is 0 Å². The van der Waals surface area contributed by atoms with Crippen LogP contribution in [0.4, 0.5) is 0 Å². The molecule has 2 heterocycles. The Morgan fingerprint density at radius 2 is 1.90 bits per heavy atom. The molecule has 7 heteroatoms. The number of halogens is 1. The summed E-state index contributed by atoms with van der Waals surface area (Å²) in [5, 5.41) is 1.43. The molecule has 2 aromatic heterocycles. The van der Waals surface area contributed by atoms with Crippen LogP contribution in [0.25, 0.3) is 10.2 Å². The lowest BCUT2D eigenvalue weighted by Crippen LogP contribution is -2.30. The van der Waals surface area contributed by atoms with Crippen molar-refractivity contribution in [3.8, 4) is 0 Å². The van der Waals surface area contributed by atoms with Gasteiger partial charge in [-0.3, -0.25) is 14.2 Å². The van der Waals surface area contributed by atoms with Crippen LogP contribution in [-0.2, 0) is 18.6 Å². The first-order valence-electron chi connectivity index (χ1n) is 10.6. The molecule has 3 aromatic rings. The largest absolute Gasteiger partial charge is 0.292 e. The Morgan fingerprint density at radius 1 is 1.13 bits per heavy atom. The molecule has 2 aliphatic carbocycles. The molecular weight excluding hydrogens is 436 g/mol. The maximum atomic E-state index is 13.6. The van der Waals surface area contributed by atoms with Crippen LogP contribution in [0.5, 0.6) is 0 Å². The minimum Gasteiger partial charge on any atom is -0.292 e. The van der Waals surface area contributed by atoms with Gasteiger partial charge in [-0.1, -0.05) is 42.6 Å². The first-order valence-corrected chi connectivity index (χ1v) is 12.8. The molecule has 0 radical (unpaired) electrons. The molecule has 0 amide bonds. The molecule has 1 saturated carbocycles. The number of aromatic nitrogens is 2. The normalized spacial score (nSPS) is 16.8.